The Balaban J connectivity index is 2.18. The standard InChI is InChI=1S/C17H30BrN3/c1-11-16(18)15(21(5)20-11)9-13-8-14(17(2,3)4)7-6-12(13)10-19/h12-14H,6-10,19H2,1-5H3. The highest BCUT2D eigenvalue weighted by Crippen LogP contribution is 2.44. The van der Waals surface area contributed by atoms with Gasteiger partial charge in [-0.25, -0.2) is 0 Å². The summed E-state index contributed by atoms with van der Waals surface area (Å²) in [7, 11) is 2.05. The largest absolute Gasteiger partial charge is 0.330 e. The molecule has 0 saturated heterocycles. The van der Waals surface area contributed by atoms with E-state index < -0.39 is 0 Å². The van der Waals surface area contributed by atoms with Gasteiger partial charge in [0.2, 0.25) is 0 Å². The van der Waals surface area contributed by atoms with E-state index >= 15 is 0 Å². The van der Waals surface area contributed by atoms with E-state index in [1.54, 1.807) is 0 Å². The maximum Gasteiger partial charge on any atom is 0.0738 e. The van der Waals surface area contributed by atoms with Gasteiger partial charge in [-0.15, -0.1) is 0 Å². The fourth-order valence-electron chi connectivity index (χ4n) is 3.82. The Bertz CT molecular complexity index is 487. The molecule has 0 spiro atoms. The van der Waals surface area contributed by atoms with Gasteiger partial charge in [-0.05, 0) is 78.3 Å². The minimum absolute atomic E-state index is 0.400. The predicted octanol–water partition coefficient (Wildman–Crippen LogP) is 4.07. The molecule has 4 heteroatoms. The smallest absolute Gasteiger partial charge is 0.0738 e. The maximum absolute atomic E-state index is 6.05. The molecule has 0 aliphatic heterocycles. The van der Waals surface area contributed by atoms with Crippen molar-refractivity contribution in [3.05, 3.63) is 15.9 Å². The zero-order valence-corrected chi connectivity index (χ0v) is 15.7. The Morgan fingerprint density at radius 2 is 1.95 bits per heavy atom. The molecule has 0 bridgehead atoms. The van der Waals surface area contributed by atoms with Crippen molar-refractivity contribution >= 4 is 15.9 Å². The molecule has 3 atom stereocenters. The number of halogens is 1. The lowest BCUT2D eigenvalue weighted by Gasteiger charge is -2.41. The minimum Gasteiger partial charge on any atom is -0.330 e. The van der Waals surface area contributed by atoms with Crippen LogP contribution in [0.15, 0.2) is 4.47 Å². The summed E-state index contributed by atoms with van der Waals surface area (Å²) in [6, 6.07) is 0. The second-order valence-corrected chi connectivity index (χ2v) is 8.60. The number of nitrogens with two attached hydrogens (primary N) is 1. The average molecular weight is 356 g/mol. The summed E-state index contributed by atoms with van der Waals surface area (Å²) in [6.45, 7) is 10.0. The SMILES string of the molecule is Cc1nn(C)c(CC2CC(C(C)(C)C)CCC2CN)c1Br. The Morgan fingerprint density at radius 1 is 1.29 bits per heavy atom. The van der Waals surface area contributed by atoms with E-state index in [1.807, 2.05) is 4.68 Å². The van der Waals surface area contributed by atoms with E-state index in [9.17, 15) is 0 Å². The van der Waals surface area contributed by atoms with Crippen LogP contribution in [0.1, 0.15) is 51.4 Å². The first-order chi connectivity index (χ1) is 9.74. The average Bonchev–Trinajstić information content (AvgIpc) is 2.64. The van der Waals surface area contributed by atoms with Crippen LogP contribution in [0.2, 0.25) is 0 Å². The summed E-state index contributed by atoms with van der Waals surface area (Å²) >= 11 is 3.71. The Kier molecular flexibility index (Phi) is 5.19. The molecule has 120 valence electrons. The second-order valence-electron chi connectivity index (χ2n) is 7.81. The minimum atomic E-state index is 0.400. The van der Waals surface area contributed by atoms with Crippen LogP contribution >= 0.6 is 15.9 Å². The summed E-state index contributed by atoms with van der Waals surface area (Å²) in [4.78, 5) is 0. The fraction of sp³-hybridized carbons (Fsp3) is 0.824. The Hall–Kier alpha value is -0.350. The van der Waals surface area contributed by atoms with Gasteiger partial charge in [0, 0.05) is 7.05 Å². The molecule has 0 aromatic carbocycles. The lowest BCUT2D eigenvalue weighted by Crippen LogP contribution is -2.36. The van der Waals surface area contributed by atoms with Crippen molar-refractivity contribution in [1.82, 2.24) is 9.78 Å². The van der Waals surface area contributed by atoms with E-state index in [1.165, 1.54) is 29.4 Å². The van der Waals surface area contributed by atoms with Gasteiger partial charge in [-0.3, -0.25) is 4.68 Å². The van der Waals surface area contributed by atoms with Crippen LogP contribution in [-0.2, 0) is 13.5 Å². The van der Waals surface area contributed by atoms with Crippen LogP contribution in [0.5, 0.6) is 0 Å². The molecule has 2 N–H and O–H groups in total. The molecule has 1 aromatic rings. The molecule has 1 aromatic heterocycles. The van der Waals surface area contributed by atoms with Crippen molar-refractivity contribution in [2.24, 2.45) is 36.0 Å². The predicted molar refractivity (Wildman–Crippen MR) is 92.2 cm³/mol. The number of hydrogen-bond acceptors (Lipinski definition) is 2. The van der Waals surface area contributed by atoms with E-state index in [4.69, 9.17) is 5.73 Å². The monoisotopic (exact) mass is 355 g/mol. The van der Waals surface area contributed by atoms with E-state index in [0.717, 1.165) is 24.6 Å². The van der Waals surface area contributed by atoms with E-state index in [-0.39, 0.29) is 0 Å². The summed E-state index contributed by atoms with van der Waals surface area (Å²) < 4.78 is 3.21. The van der Waals surface area contributed by atoms with Gasteiger partial charge in [0.1, 0.15) is 0 Å². The van der Waals surface area contributed by atoms with Crippen molar-refractivity contribution in [2.75, 3.05) is 6.54 Å². The number of aromatic nitrogens is 2. The van der Waals surface area contributed by atoms with Crippen molar-refractivity contribution < 1.29 is 0 Å². The fourth-order valence-corrected chi connectivity index (χ4v) is 4.32. The molecular weight excluding hydrogens is 326 g/mol. The zero-order valence-electron chi connectivity index (χ0n) is 14.1. The molecule has 2 rings (SSSR count). The lowest BCUT2D eigenvalue weighted by molar-refractivity contribution is 0.1000. The van der Waals surface area contributed by atoms with Crippen molar-refractivity contribution in [3.63, 3.8) is 0 Å². The summed E-state index contributed by atoms with van der Waals surface area (Å²) in [5, 5.41) is 4.53. The summed E-state index contributed by atoms with van der Waals surface area (Å²) in [5.74, 6) is 2.14. The third-order valence-corrected chi connectivity index (χ3v) is 6.42. The molecule has 0 radical (unpaired) electrons. The highest BCUT2D eigenvalue weighted by molar-refractivity contribution is 9.10. The topological polar surface area (TPSA) is 43.8 Å². The van der Waals surface area contributed by atoms with E-state index in [0.29, 0.717) is 17.3 Å². The quantitative estimate of drug-likeness (QED) is 0.887. The van der Waals surface area contributed by atoms with Gasteiger partial charge >= 0.3 is 0 Å². The summed E-state index contributed by atoms with van der Waals surface area (Å²) in [5.41, 5.74) is 8.86. The van der Waals surface area contributed by atoms with Crippen LogP contribution in [0.3, 0.4) is 0 Å². The highest BCUT2D eigenvalue weighted by atomic mass is 79.9. The molecule has 3 nitrogen and oxygen atoms in total. The van der Waals surface area contributed by atoms with Gasteiger partial charge in [0.05, 0.1) is 15.9 Å². The molecule has 1 aliphatic carbocycles. The van der Waals surface area contributed by atoms with Crippen LogP contribution < -0.4 is 5.73 Å². The van der Waals surface area contributed by atoms with Crippen LogP contribution in [0.25, 0.3) is 0 Å². The Morgan fingerprint density at radius 3 is 2.43 bits per heavy atom. The molecule has 1 saturated carbocycles. The Labute approximate surface area is 137 Å². The third kappa shape index (κ3) is 3.70. The van der Waals surface area contributed by atoms with Gasteiger partial charge in [-0.2, -0.15) is 5.10 Å². The first-order valence-electron chi connectivity index (χ1n) is 8.12. The maximum atomic E-state index is 6.05. The van der Waals surface area contributed by atoms with Crippen LogP contribution in [0.4, 0.5) is 0 Å². The van der Waals surface area contributed by atoms with Gasteiger partial charge in [0.15, 0.2) is 0 Å². The normalized spacial score (nSPS) is 27.1. The molecule has 1 fully saturated rings. The van der Waals surface area contributed by atoms with E-state index in [2.05, 4.69) is 55.8 Å². The van der Waals surface area contributed by atoms with Crippen LogP contribution in [-0.4, -0.2) is 16.3 Å². The second kappa shape index (κ2) is 6.41. The summed E-state index contributed by atoms with van der Waals surface area (Å²) in [6.07, 6.45) is 4.99. The highest BCUT2D eigenvalue weighted by Gasteiger charge is 2.36. The van der Waals surface area contributed by atoms with Gasteiger partial charge in [0.25, 0.3) is 0 Å². The number of rotatable bonds is 3. The van der Waals surface area contributed by atoms with Gasteiger partial charge in [-0.1, -0.05) is 20.8 Å². The first kappa shape index (κ1) is 17.0. The number of aryl methyl sites for hydroxylation is 2. The number of nitrogens with zero attached hydrogens (tertiary/aromatic N) is 2. The third-order valence-electron chi connectivity index (χ3n) is 5.38. The van der Waals surface area contributed by atoms with Crippen LogP contribution in [0, 0.1) is 30.1 Å². The zero-order chi connectivity index (χ0) is 15.8. The molecule has 1 aliphatic rings. The molecule has 0 amide bonds. The molecule has 1 heterocycles. The molecule has 21 heavy (non-hydrogen) atoms. The number of hydrogen-bond donors (Lipinski definition) is 1. The van der Waals surface area contributed by atoms with Crippen molar-refractivity contribution in [1.29, 1.82) is 0 Å². The molecular formula is C17H30BrN3. The lowest BCUT2D eigenvalue weighted by atomic mass is 9.64. The van der Waals surface area contributed by atoms with Gasteiger partial charge < -0.3 is 5.73 Å². The van der Waals surface area contributed by atoms with Crippen molar-refractivity contribution in [3.8, 4) is 0 Å². The molecule has 3 unspecified atom stereocenters. The van der Waals surface area contributed by atoms with Crippen molar-refractivity contribution in [2.45, 2.75) is 53.4 Å². The first-order valence-corrected chi connectivity index (χ1v) is 8.91.